The zero-order chi connectivity index (χ0) is 37.1. The Bertz CT molecular complexity index is 993. The Morgan fingerprint density at radius 2 is 0.533 bits per heavy atom. The molecule has 0 aromatic carbocycles. The van der Waals surface area contributed by atoms with Gasteiger partial charge in [0.05, 0.1) is 6.07 Å². The van der Waals surface area contributed by atoms with Crippen molar-refractivity contribution in [1.82, 2.24) is 0 Å². The van der Waals surface area contributed by atoms with Crippen LogP contribution in [0.15, 0.2) is 0 Å². The van der Waals surface area contributed by atoms with Crippen LogP contribution in [0.3, 0.4) is 0 Å². The van der Waals surface area contributed by atoms with Crippen molar-refractivity contribution in [3.05, 3.63) is 0 Å². The van der Waals surface area contributed by atoms with Gasteiger partial charge in [0.2, 0.25) is 0 Å². The first-order valence-electron chi connectivity index (χ1n) is 10.4. The second kappa shape index (κ2) is 11.4. The van der Waals surface area contributed by atoms with E-state index < -0.39 is 103 Å². The van der Waals surface area contributed by atoms with Gasteiger partial charge in [0.25, 0.3) is 0 Å². The molecule has 0 radical (unpaired) electrons. The van der Waals surface area contributed by atoms with E-state index in [4.69, 9.17) is 5.26 Å². The van der Waals surface area contributed by atoms with Crippen LogP contribution < -0.4 is 0 Å². The van der Waals surface area contributed by atoms with Gasteiger partial charge in [-0.3, -0.25) is 0 Å². The van der Waals surface area contributed by atoms with E-state index in [0.717, 1.165) is 0 Å². The Balaban J connectivity index is 6.17. The second-order valence-electron chi connectivity index (χ2n) is 8.90. The first-order chi connectivity index (χ1) is 19.1. The van der Waals surface area contributed by atoms with Crippen LogP contribution in [0.4, 0.5) is 114 Å². The van der Waals surface area contributed by atoms with Crippen molar-refractivity contribution < 1.29 is 114 Å². The fraction of sp³-hybridized carbons (Fsp3) is 0.944. The summed E-state index contributed by atoms with van der Waals surface area (Å²) in [5.41, 5.74) is 0. The Kier molecular flexibility index (Phi) is 10.8. The summed E-state index contributed by atoms with van der Waals surface area (Å²) in [6.45, 7) is 0. The van der Waals surface area contributed by atoms with Crippen molar-refractivity contribution >= 4 is 0 Å². The van der Waals surface area contributed by atoms with Crippen molar-refractivity contribution in [3.8, 4) is 6.07 Å². The van der Waals surface area contributed by atoms with Crippen molar-refractivity contribution in [3.63, 3.8) is 0 Å². The molecule has 0 bridgehead atoms. The molecule has 0 heterocycles. The topological polar surface area (TPSA) is 23.8 Å². The van der Waals surface area contributed by atoms with E-state index in [1.165, 1.54) is 0 Å². The molecule has 27 heteroatoms. The molecule has 0 atom stereocenters. The molecule has 0 rings (SSSR count). The largest absolute Gasteiger partial charge is 0.460 e. The van der Waals surface area contributed by atoms with E-state index in [-0.39, 0.29) is 0 Å². The highest BCUT2D eigenvalue weighted by Crippen LogP contribution is 2.62. The van der Waals surface area contributed by atoms with E-state index in [0.29, 0.717) is 6.07 Å². The van der Waals surface area contributed by atoms with Crippen molar-refractivity contribution in [1.29, 1.82) is 5.26 Å². The predicted molar refractivity (Wildman–Crippen MR) is 89.2 cm³/mol. The smallest absolute Gasteiger partial charge is 0.200 e. The molecule has 0 saturated heterocycles. The maximum atomic E-state index is 13.8. The SMILES string of the molecule is N#CC(CCC(F)(F)C(F)(F)C(F)(F)C(F)(F)C(F)(F)C(F)(F)F)CCC(F)(F)C(F)(F)C(F)(F)C(F)(F)C(F)(F)C(F)(F)F. The van der Waals surface area contributed by atoms with Gasteiger partial charge in [0.1, 0.15) is 0 Å². The first kappa shape index (κ1) is 42.7. The molecule has 0 spiro atoms. The molecule has 268 valence electrons. The summed E-state index contributed by atoms with van der Waals surface area (Å²) in [5, 5.41) is 8.60. The molecule has 1 nitrogen and oxygen atoms in total. The lowest BCUT2D eigenvalue weighted by atomic mass is 9.87. The molecule has 0 unspecified atom stereocenters. The lowest BCUT2D eigenvalue weighted by molar-refractivity contribution is -0.440. The van der Waals surface area contributed by atoms with Gasteiger partial charge >= 0.3 is 71.6 Å². The summed E-state index contributed by atoms with van der Waals surface area (Å²) < 4.78 is 339. The molecule has 0 saturated carbocycles. The van der Waals surface area contributed by atoms with Gasteiger partial charge < -0.3 is 0 Å². The lowest BCUT2D eigenvalue weighted by Crippen LogP contribution is -2.70. The third-order valence-corrected chi connectivity index (χ3v) is 5.79. The third kappa shape index (κ3) is 6.34. The van der Waals surface area contributed by atoms with Crippen LogP contribution in [0, 0.1) is 17.2 Å². The predicted octanol–water partition coefficient (Wildman–Crippen LogP) is 10.2. The summed E-state index contributed by atoms with van der Waals surface area (Å²) in [6.07, 6.45) is -27.0. The normalized spacial score (nSPS) is 16.3. The minimum atomic E-state index is -8.37. The maximum absolute atomic E-state index is 13.8. The van der Waals surface area contributed by atoms with Crippen LogP contribution in [0.25, 0.3) is 0 Å². The molecule has 0 aliphatic rings. The van der Waals surface area contributed by atoms with Crippen molar-refractivity contribution in [2.45, 2.75) is 97.3 Å². The van der Waals surface area contributed by atoms with E-state index in [1.807, 2.05) is 0 Å². The fourth-order valence-corrected chi connectivity index (χ4v) is 2.90. The lowest BCUT2D eigenvalue weighted by Gasteiger charge is -2.40. The summed E-state index contributed by atoms with van der Waals surface area (Å²) in [5.74, 6) is -82.5. The summed E-state index contributed by atoms with van der Waals surface area (Å²) in [4.78, 5) is 0. The molecule has 45 heavy (non-hydrogen) atoms. The first-order valence-corrected chi connectivity index (χ1v) is 10.4. The zero-order valence-electron chi connectivity index (χ0n) is 20.2. The van der Waals surface area contributed by atoms with Crippen LogP contribution >= 0.6 is 0 Å². The number of halogens is 26. The van der Waals surface area contributed by atoms with Crippen LogP contribution in [0.2, 0.25) is 0 Å². The standard InChI is InChI=1S/C18H9F26N/c19-7(20,9(23,24)11(27,28)13(31,32)15(35,36)17(39,40)41)3-1-6(5-45)2-4-8(21,22)10(25,26)12(29,30)14(33,34)16(37,38)18(42,43)44/h6H,1-4H2. The molecule has 0 aromatic rings. The number of alkyl halides is 26. The monoisotopic (exact) mass is 733 g/mol. The van der Waals surface area contributed by atoms with E-state index in [9.17, 15) is 114 Å². The van der Waals surface area contributed by atoms with Crippen molar-refractivity contribution in [2.24, 2.45) is 5.92 Å². The zero-order valence-corrected chi connectivity index (χ0v) is 20.2. The van der Waals surface area contributed by atoms with Gasteiger partial charge in [-0.15, -0.1) is 0 Å². The molecule has 0 aromatic heterocycles. The maximum Gasteiger partial charge on any atom is 0.460 e. The van der Waals surface area contributed by atoms with Gasteiger partial charge in [0, 0.05) is 18.8 Å². The molecule has 0 amide bonds. The van der Waals surface area contributed by atoms with Gasteiger partial charge in [-0.25, -0.2) is 0 Å². The summed E-state index contributed by atoms with van der Waals surface area (Å²) in [6, 6.07) is 0.411. The Morgan fingerprint density at radius 3 is 0.711 bits per heavy atom. The fourth-order valence-electron chi connectivity index (χ4n) is 2.90. The highest BCUT2D eigenvalue weighted by atomic mass is 19.4. The number of hydrogen-bond acceptors (Lipinski definition) is 1. The van der Waals surface area contributed by atoms with E-state index >= 15 is 0 Å². The second-order valence-corrected chi connectivity index (χ2v) is 8.90. The molecule has 0 fully saturated rings. The van der Waals surface area contributed by atoms with Crippen molar-refractivity contribution in [2.75, 3.05) is 0 Å². The quantitative estimate of drug-likeness (QED) is 0.163. The molecule has 0 aliphatic carbocycles. The van der Waals surface area contributed by atoms with E-state index in [2.05, 4.69) is 0 Å². The number of hydrogen-bond donors (Lipinski definition) is 0. The van der Waals surface area contributed by atoms with Gasteiger partial charge in [-0.1, -0.05) is 0 Å². The van der Waals surface area contributed by atoms with Crippen LogP contribution in [0.5, 0.6) is 0 Å². The van der Waals surface area contributed by atoms with Crippen LogP contribution in [-0.4, -0.2) is 71.6 Å². The Hall–Kier alpha value is -2.33. The van der Waals surface area contributed by atoms with Crippen LogP contribution in [-0.2, 0) is 0 Å². The summed E-state index contributed by atoms with van der Waals surface area (Å²) in [7, 11) is 0. The van der Waals surface area contributed by atoms with Crippen LogP contribution in [0.1, 0.15) is 25.7 Å². The minimum Gasteiger partial charge on any atom is -0.200 e. The molecular weight excluding hydrogens is 724 g/mol. The highest BCUT2D eigenvalue weighted by molar-refractivity contribution is 5.12. The Labute approximate surface area is 230 Å². The van der Waals surface area contributed by atoms with Gasteiger partial charge in [-0.2, -0.15) is 119 Å². The number of nitriles is 1. The number of nitrogens with zero attached hydrogens (tertiary/aromatic N) is 1. The van der Waals surface area contributed by atoms with E-state index in [1.54, 1.807) is 0 Å². The minimum absolute atomic E-state index is 0.411. The average molecular weight is 733 g/mol. The molecule has 0 aliphatic heterocycles. The number of rotatable bonds is 14. The third-order valence-electron chi connectivity index (χ3n) is 5.79. The molecular formula is C18H9F26N. The summed E-state index contributed by atoms with van der Waals surface area (Å²) >= 11 is 0. The van der Waals surface area contributed by atoms with Gasteiger partial charge in [0.15, 0.2) is 0 Å². The molecule has 0 N–H and O–H groups in total. The van der Waals surface area contributed by atoms with Gasteiger partial charge in [-0.05, 0) is 12.8 Å². The average Bonchev–Trinajstić information content (AvgIpc) is 2.81. The highest BCUT2D eigenvalue weighted by Gasteiger charge is 2.92. The Morgan fingerprint density at radius 1 is 0.333 bits per heavy atom.